The van der Waals surface area contributed by atoms with Crippen LogP contribution in [0.4, 0.5) is 4.39 Å². The number of rotatable bonds is 3. The molecule has 0 spiro atoms. The Hall–Kier alpha value is -2.33. The van der Waals surface area contributed by atoms with Crippen molar-refractivity contribution in [1.82, 2.24) is 0 Å². The van der Waals surface area contributed by atoms with Gasteiger partial charge in [0.15, 0.2) is 0 Å². The fraction of sp³-hybridized carbons (Fsp3) is 0.125. The van der Waals surface area contributed by atoms with Crippen molar-refractivity contribution < 1.29 is 18.7 Å². The molecule has 1 atom stereocenters. The van der Waals surface area contributed by atoms with Gasteiger partial charge in [-0.25, -0.2) is 4.39 Å². The Kier molecular flexibility index (Phi) is 3.16. The van der Waals surface area contributed by atoms with E-state index >= 15 is 0 Å². The number of aliphatic hydroxyl groups is 1. The van der Waals surface area contributed by atoms with E-state index in [1.807, 2.05) is 24.3 Å². The number of fused-ring (bicyclic) bond motifs is 1. The van der Waals surface area contributed by atoms with Gasteiger partial charge >= 0.3 is 0 Å². The summed E-state index contributed by atoms with van der Waals surface area (Å²) in [7, 11) is 1.47. The lowest BCUT2D eigenvalue weighted by atomic mass is 10.1. The smallest absolute Gasteiger partial charge is 0.140 e. The molecule has 0 fully saturated rings. The van der Waals surface area contributed by atoms with Crippen molar-refractivity contribution in [3.63, 3.8) is 0 Å². The summed E-state index contributed by atoms with van der Waals surface area (Å²) in [5.41, 5.74) is 1.02. The van der Waals surface area contributed by atoms with E-state index in [1.165, 1.54) is 25.3 Å². The molecular formula is C16H13FO3. The monoisotopic (exact) mass is 272 g/mol. The lowest BCUT2D eigenvalue weighted by molar-refractivity contribution is 0.187. The molecule has 0 radical (unpaired) electrons. The number of hydrogen-bond acceptors (Lipinski definition) is 3. The molecule has 0 aliphatic rings. The Morgan fingerprint density at radius 2 is 1.95 bits per heavy atom. The molecule has 0 aliphatic carbocycles. The highest BCUT2D eigenvalue weighted by atomic mass is 19.1. The van der Waals surface area contributed by atoms with E-state index in [9.17, 15) is 9.50 Å². The number of ether oxygens (including phenoxy) is 1. The zero-order valence-electron chi connectivity index (χ0n) is 10.8. The van der Waals surface area contributed by atoms with E-state index in [0.717, 1.165) is 5.39 Å². The van der Waals surface area contributed by atoms with Gasteiger partial charge < -0.3 is 14.3 Å². The van der Waals surface area contributed by atoms with Gasteiger partial charge in [0.25, 0.3) is 0 Å². The molecule has 0 saturated heterocycles. The van der Waals surface area contributed by atoms with Crippen LogP contribution in [0.1, 0.15) is 17.4 Å². The molecule has 1 N–H and O–H groups in total. The van der Waals surface area contributed by atoms with E-state index in [-0.39, 0.29) is 0 Å². The van der Waals surface area contributed by atoms with Crippen molar-refractivity contribution in [2.45, 2.75) is 6.10 Å². The standard InChI is InChI=1S/C16H13FO3/c1-19-14-7-6-11(17)9-12(14)16(18)15-8-10-4-2-3-5-13(10)20-15/h2-9,16,18H,1H3. The lowest BCUT2D eigenvalue weighted by Crippen LogP contribution is -2.02. The molecular weight excluding hydrogens is 259 g/mol. The average molecular weight is 272 g/mol. The number of hydrogen-bond donors (Lipinski definition) is 1. The van der Waals surface area contributed by atoms with Gasteiger partial charge in [0, 0.05) is 10.9 Å². The van der Waals surface area contributed by atoms with E-state index in [4.69, 9.17) is 9.15 Å². The van der Waals surface area contributed by atoms with Gasteiger partial charge in [0.1, 0.15) is 29.0 Å². The summed E-state index contributed by atoms with van der Waals surface area (Å²) < 4.78 is 24.1. The Bertz CT molecular complexity index is 715. The molecule has 4 heteroatoms. The highest BCUT2D eigenvalue weighted by Crippen LogP contribution is 2.33. The van der Waals surface area contributed by atoms with Crippen LogP contribution in [0.15, 0.2) is 52.9 Å². The topological polar surface area (TPSA) is 42.6 Å². The SMILES string of the molecule is COc1ccc(F)cc1C(O)c1cc2ccccc2o1. The Balaban J connectivity index is 2.07. The van der Waals surface area contributed by atoms with Crippen LogP contribution in [0.5, 0.6) is 5.75 Å². The first-order valence-corrected chi connectivity index (χ1v) is 6.19. The minimum atomic E-state index is -1.08. The second-order valence-corrected chi connectivity index (χ2v) is 4.48. The van der Waals surface area contributed by atoms with Crippen molar-refractivity contribution in [2.75, 3.05) is 7.11 Å². The molecule has 3 rings (SSSR count). The molecule has 2 aromatic carbocycles. The summed E-state index contributed by atoms with van der Waals surface area (Å²) in [4.78, 5) is 0. The van der Waals surface area contributed by atoms with Crippen molar-refractivity contribution in [3.05, 3.63) is 65.7 Å². The predicted octanol–water partition coefficient (Wildman–Crippen LogP) is 3.66. The fourth-order valence-electron chi connectivity index (χ4n) is 2.21. The van der Waals surface area contributed by atoms with Gasteiger partial charge in [0.2, 0.25) is 0 Å². The second-order valence-electron chi connectivity index (χ2n) is 4.48. The van der Waals surface area contributed by atoms with E-state index < -0.39 is 11.9 Å². The zero-order chi connectivity index (χ0) is 14.1. The maximum absolute atomic E-state index is 13.4. The maximum Gasteiger partial charge on any atom is 0.140 e. The molecule has 0 amide bonds. The van der Waals surface area contributed by atoms with Gasteiger partial charge in [-0.15, -0.1) is 0 Å². The first kappa shape index (κ1) is 12.7. The molecule has 1 unspecified atom stereocenters. The number of furan rings is 1. The van der Waals surface area contributed by atoms with Crippen LogP contribution in [0, 0.1) is 5.82 Å². The molecule has 1 aromatic heterocycles. The average Bonchev–Trinajstić information content (AvgIpc) is 2.90. The van der Waals surface area contributed by atoms with E-state index in [2.05, 4.69) is 0 Å². The largest absolute Gasteiger partial charge is 0.496 e. The van der Waals surface area contributed by atoms with Crippen LogP contribution >= 0.6 is 0 Å². The molecule has 0 saturated carbocycles. The van der Waals surface area contributed by atoms with Crippen molar-refractivity contribution in [2.24, 2.45) is 0 Å². The van der Waals surface area contributed by atoms with Crippen molar-refractivity contribution in [1.29, 1.82) is 0 Å². The molecule has 3 nitrogen and oxygen atoms in total. The number of aliphatic hydroxyl groups excluding tert-OH is 1. The fourth-order valence-corrected chi connectivity index (χ4v) is 2.21. The normalized spacial score (nSPS) is 12.6. The third kappa shape index (κ3) is 2.14. The zero-order valence-corrected chi connectivity index (χ0v) is 10.8. The van der Waals surface area contributed by atoms with Gasteiger partial charge in [-0.2, -0.15) is 0 Å². The van der Waals surface area contributed by atoms with Gasteiger partial charge in [-0.05, 0) is 30.3 Å². The first-order valence-electron chi connectivity index (χ1n) is 6.19. The summed E-state index contributed by atoms with van der Waals surface area (Å²) in [6.07, 6.45) is -1.08. The summed E-state index contributed by atoms with van der Waals surface area (Å²) in [6.45, 7) is 0. The van der Waals surface area contributed by atoms with Crippen LogP contribution in [0.3, 0.4) is 0 Å². The molecule has 0 aliphatic heterocycles. The molecule has 20 heavy (non-hydrogen) atoms. The maximum atomic E-state index is 13.4. The van der Waals surface area contributed by atoms with Crippen molar-refractivity contribution >= 4 is 11.0 Å². The quantitative estimate of drug-likeness (QED) is 0.791. The van der Waals surface area contributed by atoms with Crippen LogP contribution in [-0.2, 0) is 0 Å². The third-order valence-corrected chi connectivity index (χ3v) is 3.20. The summed E-state index contributed by atoms with van der Waals surface area (Å²) >= 11 is 0. The minimum absolute atomic E-state index is 0.339. The van der Waals surface area contributed by atoms with Crippen LogP contribution in [-0.4, -0.2) is 12.2 Å². The second kappa shape index (κ2) is 4.98. The van der Waals surface area contributed by atoms with E-state index in [0.29, 0.717) is 22.7 Å². The Morgan fingerprint density at radius 1 is 1.15 bits per heavy atom. The number of halogens is 1. The Labute approximate surface area is 115 Å². The first-order chi connectivity index (χ1) is 9.69. The summed E-state index contributed by atoms with van der Waals surface area (Å²) in [5.74, 6) is 0.338. The Morgan fingerprint density at radius 3 is 2.70 bits per heavy atom. The minimum Gasteiger partial charge on any atom is -0.496 e. The van der Waals surface area contributed by atoms with Gasteiger partial charge in [-0.3, -0.25) is 0 Å². The van der Waals surface area contributed by atoms with Gasteiger partial charge in [0.05, 0.1) is 7.11 Å². The number of methoxy groups -OCH3 is 1. The number of para-hydroxylation sites is 1. The van der Waals surface area contributed by atoms with Crippen molar-refractivity contribution in [3.8, 4) is 5.75 Å². The summed E-state index contributed by atoms with van der Waals surface area (Å²) in [6, 6.07) is 13.2. The number of benzene rings is 2. The van der Waals surface area contributed by atoms with Crippen LogP contribution in [0.2, 0.25) is 0 Å². The van der Waals surface area contributed by atoms with Gasteiger partial charge in [-0.1, -0.05) is 18.2 Å². The summed E-state index contributed by atoms with van der Waals surface area (Å²) in [5, 5.41) is 11.3. The lowest BCUT2D eigenvalue weighted by Gasteiger charge is -2.12. The molecule has 102 valence electrons. The predicted molar refractivity (Wildman–Crippen MR) is 73.2 cm³/mol. The van der Waals surface area contributed by atoms with Crippen LogP contribution < -0.4 is 4.74 Å². The van der Waals surface area contributed by atoms with E-state index in [1.54, 1.807) is 6.07 Å². The molecule has 3 aromatic rings. The van der Waals surface area contributed by atoms with Crippen LogP contribution in [0.25, 0.3) is 11.0 Å². The highest BCUT2D eigenvalue weighted by molar-refractivity contribution is 5.77. The molecule has 1 heterocycles. The molecule has 0 bridgehead atoms. The highest BCUT2D eigenvalue weighted by Gasteiger charge is 2.20. The third-order valence-electron chi connectivity index (χ3n) is 3.20.